The van der Waals surface area contributed by atoms with Crippen LogP contribution in [0.15, 0.2) is 23.1 Å². The first-order chi connectivity index (χ1) is 10.5. The minimum Gasteiger partial charge on any atom is -0.330 e. The second-order valence-electron chi connectivity index (χ2n) is 6.51. The summed E-state index contributed by atoms with van der Waals surface area (Å²) in [7, 11) is -0.925. The lowest BCUT2D eigenvalue weighted by Crippen LogP contribution is -2.39. The third kappa shape index (κ3) is 3.46. The smallest absolute Gasteiger partial charge is 0.261 e. The number of amides is 2. The number of hydrogen-bond donors (Lipinski definition) is 1. The van der Waals surface area contributed by atoms with E-state index in [-0.39, 0.29) is 40.4 Å². The lowest BCUT2D eigenvalue weighted by atomic mass is 9.94. The SMILES string of the molecule is CN1C(=O)c2ccc(S(=O)(=O)N(C)CC(C)(C)CN)cc2C1=O.Cl. The molecule has 1 aromatic rings. The molecule has 0 bridgehead atoms. The van der Waals surface area contributed by atoms with Crippen molar-refractivity contribution in [2.24, 2.45) is 11.1 Å². The summed E-state index contributed by atoms with van der Waals surface area (Å²) in [6, 6.07) is 4.00. The van der Waals surface area contributed by atoms with Gasteiger partial charge >= 0.3 is 0 Å². The van der Waals surface area contributed by atoms with E-state index in [0.29, 0.717) is 6.54 Å². The van der Waals surface area contributed by atoms with Crippen molar-refractivity contribution in [2.45, 2.75) is 18.7 Å². The Morgan fingerprint density at radius 3 is 2.25 bits per heavy atom. The van der Waals surface area contributed by atoms with Gasteiger partial charge in [0.25, 0.3) is 11.8 Å². The zero-order valence-corrected chi connectivity index (χ0v) is 15.7. The molecule has 0 unspecified atom stereocenters. The van der Waals surface area contributed by atoms with E-state index in [4.69, 9.17) is 5.73 Å². The highest BCUT2D eigenvalue weighted by atomic mass is 35.5. The van der Waals surface area contributed by atoms with Crippen molar-refractivity contribution in [2.75, 3.05) is 27.2 Å². The van der Waals surface area contributed by atoms with Crippen molar-refractivity contribution in [3.63, 3.8) is 0 Å². The van der Waals surface area contributed by atoms with E-state index in [1.54, 1.807) is 0 Å². The molecule has 0 spiro atoms. The number of hydrogen-bond acceptors (Lipinski definition) is 5. The molecular formula is C15H22ClN3O4S. The van der Waals surface area contributed by atoms with Gasteiger partial charge in [-0.15, -0.1) is 12.4 Å². The zero-order valence-electron chi connectivity index (χ0n) is 14.1. The lowest BCUT2D eigenvalue weighted by Gasteiger charge is -2.28. The quantitative estimate of drug-likeness (QED) is 0.772. The molecule has 0 atom stereocenters. The number of carbonyl (C=O) groups excluding carboxylic acids is 2. The number of carbonyl (C=O) groups is 2. The third-order valence-electron chi connectivity index (χ3n) is 3.97. The van der Waals surface area contributed by atoms with Gasteiger partial charge in [0, 0.05) is 20.6 Å². The van der Waals surface area contributed by atoms with Gasteiger partial charge in [0.2, 0.25) is 10.0 Å². The van der Waals surface area contributed by atoms with Crippen molar-refractivity contribution in [1.82, 2.24) is 9.21 Å². The van der Waals surface area contributed by atoms with Crippen LogP contribution in [0.2, 0.25) is 0 Å². The summed E-state index contributed by atoms with van der Waals surface area (Å²) >= 11 is 0. The van der Waals surface area contributed by atoms with E-state index in [1.165, 1.54) is 36.6 Å². The Bertz CT molecular complexity index is 777. The first kappa shape index (κ1) is 20.6. The molecule has 2 amide bonds. The highest BCUT2D eigenvalue weighted by molar-refractivity contribution is 7.89. The van der Waals surface area contributed by atoms with Gasteiger partial charge in [0.15, 0.2) is 0 Å². The number of sulfonamides is 1. The average Bonchev–Trinajstić information content (AvgIpc) is 2.71. The van der Waals surface area contributed by atoms with Gasteiger partial charge in [-0.05, 0) is 30.2 Å². The maximum absolute atomic E-state index is 12.7. The molecule has 9 heteroatoms. The Kier molecular flexibility index (Phi) is 5.82. The summed E-state index contributed by atoms with van der Waals surface area (Å²) in [5.74, 6) is -0.918. The van der Waals surface area contributed by atoms with Crippen LogP contribution in [0.4, 0.5) is 0 Å². The Balaban J connectivity index is 0.00000288. The normalized spacial score (nSPS) is 14.8. The first-order valence-electron chi connectivity index (χ1n) is 7.14. The number of benzene rings is 1. The Hall–Kier alpha value is -1.48. The Morgan fingerprint density at radius 1 is 1.17 bits per heavy atom. The molecule has 2 rings (SSSR count). The molecule has 1 aliphatic rings. The van der Waals surface area contributed by atoms with Crippen molar-refractivity contribution in [3.05, 3.63) is 29.3 Å². The van der Waals surface area contributed by atoms with Gasteiger partial charge in [-0.25, -0.2) is 12.7 Å². The average molecular weight is 376 g/mol. The van der Waals surface area contributed by atoms with Crippen molar-refractivity contribution < 1.29 is 18.0 Å². The fraction of sp³-hybridized carbons (Fsp3) is 0.467. The first-order valence-corrected chi connectivity index (χ1v) is 8.58. The van der Waals surface area contributed by atoms with Gasteiger partial charge in [-0.1, -0.05) is 13.8 Å². The van der Waals surface area contributed by atoms with E-state index in [9.17, 15) is 18.0 Å². The fourth-order valence-corrected chi connectivity index (χ4v) is 3.82. The van der Waals surface area contributed by atoms with Gasteiger partial charge in [-0.3, -0.25) is 14.5 Å². The van der Waals surface area contributed by atoms with Crippen LogP contribution in [-0.2, 0) is 10.0 Å². The molecule has 1 aliphatic heterocycles. The van der Waals surface area contributed by atoms with Crippen molar-refractivity contribution in [1.29, 1.82) is 0 Å². The summed E-state index contributed by atoms with van der Waals surface area (Å²) in [4.78, 5) is 24.8. The van der Waals surface area contributed by atoms with E-state index >= 15 is 0 Å². The molecule has 1 heterocycles. The molecule has 134 valence electrons. The van der Waals surface area contributed by atoms with Crippen LogP contribution in [0.1, 0.15) is 34.6 Å². The number of rotatable bonds is 5. The van der Waals surface area contributed by atoms with Gasteiger partial charge < -0.3 is 5.73 Å². The molecule has 24 heavy (non-hydrogen) atoms. The number of halogens is 1. The highest BCUT2D eigenvalue weighted by Crippen LogP contribution is 2.27. The topological polar surface area (TPSA) is 101 Å². The number of nitrogens with two attached hydrogens (primary N) is 1. The lowest BCUT2D eigenvalue weighted by molar-refractivity contribution is 0.0693. The Labute approximate surface area is 148 Å². The zero-order chi connectivity index (χ0) is 17.6. The molecule has 0 saturated carbocycles. The summed E-state index contributed by atoms with van der Waals surface area (Å²) in [6.45, 7) is 4.34. The summed E-state index contributed by atoms with van der Waals surface area (Å²) in [5.41, 5.74) is 5.62. The van der Waals surface area contributed by atoms with Gasteiger partial charge in [-0.2, -0.15) is 0 Å². The van der Waals surface area contributed by atoms with Crippen LogP contribution < -0.4 is 5.73 Å². The predicted octanol–water partition coefficient (Wildman–Crippen LogP) is 0.940. The van der Waals surface area contributed by atoms with Crippen LogP contribution >= 0.6 is 12.4 Å². The molecule has 0 radical (unpaired) electrons. The van der Waals surface area contributed by atoms with Gasteiger partial charge in [0.1, 0.15) is 0 Å². The number of nitrogens with zero attached hydrogens (tertiary/aromatic N) is 2. The van der Waals surface area contributed by atoms with Crippen molar-refractivity contribution in [3.8, 4) is 0 Å². The monoisotopic (exact) mass is 375 g/mol. The van der Waals surface area contributed by atoms with Crippen LogP contribution in [-0.4, -0.2) is 56.6 Å². The maximum Gasteiger partial charge on any atom is 0.261 e. The second-order valence-corrected chi connectivity index (χ2v) is 8.55. The van der Waals surface area contributed by atoms with Crippen LogP contribution in [0.5, 0.6) is 0 Å². The van der Waals surface area contributed by atoms with Gasteiger partial charge in [0.05, 0.1) is 16.0 Å². The largest absolute Gasteiger partial charge is 0.330 e. The highest BCUT2D eigenvalue weighted by Gasteiger charge is 2.35. The Morgan fingerprint density at radius 2 is 1.71 bits per heavy atom. The van der Waals surface area contributed by atoms with E-state index in [2.05, 4.69) is 0 Å². The molecule has 2 N–H and O–H groups in total. The molecule has 0 aromatic heterocycles. The van der Waals surface area contributed by atoms with Crippen molar-refractivity contribution >= 4 is 34.2 Å². The molecular weight excluding hydrogens is 354 g/mol. The molecule has 7 nitrogen and oxygen atoms in total. The molecule has 0 aliphatic carbocycles. The van der Waals surface area contributed by atoms with E-state index in [1.807, 2.05) is 13.8 Å². The minimum atomic E-state index is -3.77. The minimum absolute atomic E-state index is 0. The second kappa shape index (κ2) is 6.79. The molecule has 0 saturated heterocycles. The van der Waals surface area contributed by atoms with E-state index < -0.39 is 21.8 Å². The number of fused-ring (bicyclic) bond motifs is 1. The van der Waals surface area contributed by atoms with E-state index in [0.717, 1.165) is 4.90 Å². The standard InChI is InChI=1S/C15H21N3O4S.ClH/c1-15(2,8-16)9-17(3)23(21,22)10-5-6-11-12(7-10)14(20)18(4)13(11)19;/h5-7H,8-9,16H2,1-4H3;1H. The summed E-state index contributed by atoms with van der Waals surface area (Å²) in [6.07, 6.45) is 0. The van der Waals surface area contributed by atoms with Crippen LogP contribution in [0.3, 0.4) is 0 Å². The van der Waals surface area contributed by atoms with Crippen LogP contribution in [0, 0.1) is 5.41 Å². The predicted molar refractivity (Wildman–Crippen MR) is 92.8 cm³/mol. The summed E-state index contributed by atoms with van der Waals surface area (Å²) in [5, 5.41) is 0. The maximum atomic E-state index is 12.7. The molecule has 0 fully saturated rings. The summed E-state index contributed by atoms with van der Waals surface area (Å²) < 4.78 is 26.6. The van der Waals surface area contributed by atoms with Crippen LogP contribution in [0.25, 0.3) is 0 Å². The number of imide groups is 1. The molecule has 1 aromatic carbocycles. The third-order valence-corrected chi connectivity index (χ3v) is 5.77. The fourth-order valence-electron chi connectivity index (χ4n) is 2.43.